The highest BCUT2D eigenvalue weighted by molar-refractivity contribution is 9.10. The van der Waals surface area contributed by atoms with Crippen molar-refractivity contribution in [1.29, 1.82) is 5.26 Å². The molecular formula is C27H19BrN4O5. The molecule has 0 fully saturated rings. The second-order valence-corrected chi connectivity index (χ2v) is 9.02. The zero-order valence-electron chi connectivity index (χ0n) is 19.7. The van der Waals surface area contributed by atoms with Crippen LogP contribution in [-0.4, -0.2) is 14.4 Å². The predicted octanol–water partition coefficient (Wildman–Crippen LogP) is 7.53. The number of halogens is 1. The number of nitro benzene ring substituents is 2. The van der Waals surface area contributed by atoms with E-state index >= 15 is 0 Å². The molecule has 0 aliphatic rings. The van der Waals surface area contributed by atoms with Crippen molar-refractivity contribution >= 4 is 39.0 Å². The monoisotopic (exact) mass is 558 g/mol. The second kappa shape index (κ2) is 10.5. The topological polar surface area (TPSA) is 124 Å². The Hall–Kier alpha value is -4.75. The number of hydrogen-bond acceptors (Lipinski definition) is 6. The van der Waals surface area contributed by atoms with Crippen LogP contribution < -0.4 is 4.74 Å². The quantitative estimate of drug-likeness (QED) is 0.131. The molecule has 0 saturated heterocycles. The van der Waals surface area contributed by atoms with E-state index in [2.05, 4.69) is 22.0 Å². The molecule has 1 heterocycles. The number of nitro groups is 2. The molecule has 4 rings (SSSR count). The number of nitrogens with zero attached hydrogens (tertiary/aromatic N) is 4. The summed E-state index contributed by atoms with van der Waals surface area (Å²) in [6.45, 7) is 3.92. The highest BCUT2D eigenvalue weighted by Gasteiger charge is 2.21. The van der Waals surface area contributed by atoms with Gasteiger partial charge in [-0.2, -0.15) is 5.26 Å². The number of aromatic nitrogens is 1. The maximum Gasteiger partial charge on any atom is 0.318 e. The van der Waals surface area contributed by atoms with E-state index in [9.17, 15) is 25.5 Å². The molecule has 0 aliphatic carbocycles. The molecule has 0 saturated carbocycles. The number of hydrogen-bond donors (Lipinski definition) is 0. The first-order valence-corrected chi connectivity index (χ1v) is 11.7. The lowest BCUT2D eigenvalue weighted by Crippen LogP contribution is -1.99. The van der Waals surface area contributed by atoms with Gasteiger partial charge in [-0.05, 0) is 79.6 Å². The summed E-state index contributed by atoms with van der Waals surface area (Å²) in [5, 5.41) is 32.1. The standard InChI is InChI=1S/C27H19BrN4O5/c1-17-12-20(13-21(16-29)19-4-3-5-22(28)14-19)18(2)30(17)23-6-9-25(10-7-23)37-27-11-8-24(31(33)34)15-26(27)32(35)36/h3-15H,1-2H3/b21-13-. The van der Waals surface area contributed by atoms with Crippen LogP contribution in [-0.2, 0) is 0 Å². The Balaban J connectivity index is 1.63. The molecule has 0 bridgehead atoms. The fourth-order valence-electron chi connectivity index (χ4n) is 3.96. The summed E-state index contributed by atoms with van der Waals surface area (Å²) in [6.07, 6.45) is 1.85. The Labute approximate surface area is 220 Å². The number of nitriles is 1. The number of ether oxygens (including phenoxy) is 1. The van der Waals surface area contributed by atoms with E-state index in [0.29, 0.717) is 11.3 Å². The average molecular weight is 559 g/mol. The number of aryl methyl sites for hydroxylation is 1. The van der Waals surface area contributed by atoms with Gasteiger partial charge in [0.1, 0.15) is 5.75 Å². The van der Waals surface area contributed by atoms with E-state index in [4.69, 9.17) is 4.74 Å². The zero-order chi connectivity index (χ0) is 26.7. The van der Waals surface area contributed by atoms with Crippen molar-refractivity contribution < 1.29 is 14.6 Å². The SMILES string of the molecule is Cc1cc(/C=C(/C#N)c2cccc(Br)c2)c(C)n1-c1ccc(Oc2ccc([N+](=O)[O-])cc2[N+](=O)[O-])cc1. The number of benzene rings is 3. The highest BCUT2D eigenvalue weighted by atomic mass is 79.9. The molecule has 4 aromatic rings. The van der Waals surface area contributed by atoms with Crippen LogP contribution in [0.3, 0.4) is 0 Å². The highest BCUT2D eigenvalue weighted by Crippen LogP contribution is 2.35. The van der Waals surface area contributed by atoms with E-state index in [-0.39, 0.29) is 5.75 Å². The molecule has 184 valence electrons. The lowest BCUT2D eigenvalue weighted by atomic mass is 10.0. The third-order valence-corrected chi connectivity index (χ3v) is 6.19. The number of allylic oxidation sites excluding steroid dienone is 1. The van der Waals surface area contributed by atoms with Crippen molar-refractivity contribution in [3.05, 3.63) is 120 Å². The van der Waals surface area contributed by atoms with E-state index < -0.39 is 21.2 Å². The third kappa shape index (κ3) is 5.42. The Morgan fingerprint density at radius 2 is 1.73 bits per heavy atom. The van der Waals surface area contributed by atoms with Crippen LogP contribution in [0.15, 0.2) is 77.3 Å². The molecule has 0 aliphatic heterocycles. The molecule has 0 amide bonds. The fourth-order valence-corrected chi connectivity index (χ4v) is 4.36. The zero-order valence-corrected chi connectivity index (χ0v) is 21.3. The summed E-state index contributed by atoms with van der Waals surface area (Å²) in [5.74, 6) is 0.241. The minimum atomic E-state index is -0.720. The van der Waals surface area contributed by atoms with Gasteiger partial charge in [0.2, 0.25) is 5.75 Å². The van der Waals surface area contributed by atoms with E-state index in [0.717, 1.165) is 44.8 Å². The summed E-state index contributed by atoms with van der Waals surface area (Å²) in [5.41, 5.74) is 4.08. The van der Waals surface area contributed by atoms with Gasteiger partial charge in [0, 0.05) is 27.6 Å². The molecular weight excluding hydrogens is 540 g/mol. The number of non-ortho nitro benzene ring substituents is 1. The van der Waals surface area contributed by atoms with Crippen molar-refractivity contribution in [2.75, 3.05) is 0 Å². The minimum absolute atomic E-state index is 0.0966. The molecule has 37 heavy (non-hydrogen) atoms. The van der Waals surface area contributed by atoms with Crippen LogP contribution in [0.5, 0.6) is 11.5 Å². The van der Waals surface area contributed by atoms with Crippen molar-refractivity contribution in [1.82, 2.24) is 4.57 Å². The van der Waals surface area contributed by atoms with Gasteiger partial charge in [0.15, 0.2) is 0 Å². The van der Waals surface area contributed by atoms with Crippen LogP contribution >= 0.6 is 15.9 Å². The van der Waals surface area contributed by atoms with E-state index in [1.165, 1.54) is 6.07 Å². The van der Waals surface area contributed by atoms with Crippen molar-refractivity contribution in [3.8, 4) is 23.3 Å². The molecule has 0 unspecified atom stereocenters. The van der Waals surface area contributed by atoms with Crippen LogP contribution in [0.1, 0.15) is 22.5 Å². The van der Waals surface area contributed by atoms with Gasteiger partial charge >= 0.3 is 5.69 Å². The normalized spacial score (nSPS) is 11.1. The molecule has 1 aromatic heterocycles. The van der Waals surface area contributed by atoms with Crippen molar-refractivity contribution in [2.45, 2.75) is 13.8 Å². The first kappa shape index (κ1) is 25.3. The van der Waals surface area contributed by atoms with Gasteiger partial charge in [-0.15, -0.1) is 0 Å². The van der Waals surface area contributed by atoms with Crippen LogP contribution in [0.2, 0.25) is 0 Å². The maximum atomic E-state index is 11.4. The third-order valence-electron chi connectivity index (χ3n) is 5.70. The van der Waals surface area contributed by atoms with Gasteiger partial charge in [0.05, 0.1) is 27.6 Å². The summed E-state index contributed by atoms with van der Waals surface area (Å²) >= 11 is 3.44. The summed E-state index contributed by atoms with van der Waals surface area (Å²) in [7, 11) is 0. The van der Waals surface area contributed by atoms with Gasteiger partial charge in [0.25, 0.3) is 5.69 Å². The Morgan fingerprint density at radius 3 is 2.35 bits per heavy atom. The van der Waals surface area contributed by atoms with Crippen LogP contribution in [0, 0.1) is 45.4 Å². The maximum absolute atomic E-state index is 11.4. The van der Waals surface area contributed by atoms with Gasteiger partial charge < -0.3 is 9.30 Å². The largest absolute Gasteiger partial charge is 0.450 e. The first-order valence-electron chi connectivity index (χ1n) is 11.0. The fraction of sp³-hybridized carbons (Fsp3) is 0.0741. The summed E-state index contributed by atoms with van der Waals surface area (Å²) in [4.78, 5) is 20.9. The molecule has 0 spiro atoms. The smallest absolute Gasteiger partial charge is 0.318 e. The number of rotatable bonds is 7. The van der Waals surface area contributed by atoms with Gasteiger partial charge in [-0.3, -0.25) is 20.2 Å². The Morgan fingerprint density at radius 1 is 1.00 bits per heavy atom. The molecule has 9 nitrogen and oxygen atoms in total. The van der Waals surface area contributed by atoms with Crippen LogP contribution in [0.25, 0.3) is 17.3 Å². The van der Waals surface area contributed by atoms with Crippen molar-refractivity contribution in [2.24, 2.45) is 0 Å². The van der Waals surface area contributed by atoms with Crippen molar-refractivity contribution in [3.63, 3.8) is 0 Å². The van der Waals surface area contributed by atoms with Gasteiger partial charge in [-0.1, -0.05) is 28.1 Å². The Kier molecular flexibility index (Phi) is 7.18. The molecule has 0 atom stereocenters. The summed E-state index contributed by atoms with van der Waals surface area (Å²) in [6, 6.07) is 22.0. The molecule has 0 radical (unpaired) electrons. The van der Waals surface area contributed by atoms with Gasteiger partial charge in [-0.25, -0.2) is 0 Å². The average Bonchev–Trinajstić information content (AvgIpc) is 3.15. The first-order chi connectivity index (χ1) is 17.7. The molecule has 0 N–H and O–H groups in total. The molecule has 10 heteroatoms. The van der Waals surface area contributed by atoms with E-state index in [1.54, 1.807) is 24.3 Å². The second-order valence-electron chi connectivity index (χ2n) is 8.10. The minimum Gasteiger partial charge on any atom is -0.450 e. The van der Waals surface area contributed by atoms with Crippen LogP contribution in [0.4, 0.5) is 11.4 Å². The summed E-state index contributed by atoms with van der Waals surface area (Å²) < 4.78 is 8.58. The lowest BCUT2D eigenvalue weighted by Gasteiger charge is -2.11. The lowest BCUT2D eigenvalue weighted by molar-refractivity contribution is -0.394. The van der Waals surface area contributed by atoms with E-state index in [1.807, 2.05) is 54.8 Å². The predicted molar refractivity (Wildman–Crippen MR) is 143 cm³/mol. The Bertz CT molecular complexity index is 1600. The molecule has 3 aromatic carbocycles.